The first-order valence-corrected chi connectivity index (χ1v) is 7.60. The SMILES string of the molecule is CCn1c(N)c(C(=O)CN2CCC[C@H](C(F)(F)F)C2)c(=O)[nH]c1=O. The second kappa shape index (κ2) is 6.80. The highest BCUT2D eigenvalue weighted by Crippen LogP contribution is 2.33. The lowest BCUT2D eigenvalue weighted by atomic mass is 9.97. The van der Waals surface area contributed by atoms with Gasteiger partial charge in [-0.15, -0.1) is 0 Å². The van der Waals surface area contributed by atoms with E-state index in [2.05, 4.69) is 0 Å². The highest BCUT2D eigenvalue weighted by molar-refractivity contribution is 6.01. The summed E-state index contributed by atoms with van der Waals surface area (Å²) in [7, 11) is 0. The number of H-pyrrole nitrogens is 1. The van der Waals surface area contributed by atoms with Gasteiger partial charge in [-0.2, -0.15) is 13.2 Å². The molecule has 1 fully saturated rings. The monoisotopic (exact) mass is 348 g/mol. The summed E-state index contributed by atoms with van der Waals surface area (Å²) in [6, 6.07) is 0. The van der Waals surface area contributed by atoms with Gasteiger partial charge in [0.25, 0.3) is 5.56 Å². The number of aromatic nitrogens is 2. The van der Waals surface area contributed by atoms with Gasteiger partial charge in [0.1, 0.15) is 11.4 Å². The lowest BCUT2D eigenvalue weighted by molar-refractivity contribution is -0.186. The summed E-state index contributed by atoms with van der Waals surface area (Å²) in [6.45, 7) is 1.47. The van der Waals surface area contributed by atoms with Gasteiger partial charge in [-0.1, -0.05) is 0 Å². The zero-order valence-corrected chi connectivity index (χ0v) is 13.2. The molecule has 1 aliphatic rings. The molecule has 0 unspecified atom stereocenters. The molecule has 0 bridgehead atoms. The number of piperidine rings is 1. The minimum atomic E-state index is -4.31. The van der Waals surface area contributed by atoms with Crippen LogP contribution in [0.25, 0.3) is 0 Å². The van der Waals surface area contributed by atoms with Crippen molar-refractivity contribution in [2.45, 2.75) is 32.5 Å². The number of rotatable bonds is 4. The number of anilines is 1. The number of nitrogen functional groups attached to an aromatic ring is 1. The molecule has 1 saturated heterocycles. The molecule has 0 aromatic carbocycles. The fourth-order valence-electron chi connectivity index (χ4n) is 2.92. The van der Waals surface area contributed by atoms with Crippen molar-refractivity contribution in [1.29, 1.82) is 0 Å². The second-order valence-corrected chi connectivity index (χ2v) is 5.80. The van der Waals surface area contributed by atoms with Gasteiger partial charge in [0.05, 0.1) is 12.5 Å². The average Bonchev–Trinajstić information content (AvgIpc) is 2.46. The van der Waals surface area contributed by atoms with Crippen molar-refractivity contribution in [3.8, 4) is 0 Å². The lowest BCUT2D eigenvalue weighted by Gasteiger charge is -2.33. The highest BCUT2D eigenvalue weighted by Gasteiger charge is 2.42. The van der Waals surface area contributed by atoms with Crippen LogP contribution in [0, 0.1) is 5.92 Å². The normalized spacial score (nSPS) is 19.4. The molecule has 0 aliphatic carbocycles. The number of nitrogens with zero attached hydrogens (tertiary/aromatic N) is 2. The quantitative estimate of drug-likeness (QED) is 0.776. The van der Waals surface area contributed by atoms with Crippen LogP contribution in [0.4, 0.5) is 19.0 Å². The Balaban J connectivity index is 2.22. The van der Waals surface area contributed by atoms with Crippen LogP contribution in [0.1, 0.15) is 30.1 Å². The molecule has 2 rings (SSSR count). The molecule has 10 heteroatoms. The summed E-state index contributed by atoms with van der Waals surface area (Å²) >= 11 is 0. The number of alkyl halides is 3. The molecule has 0 spiro atoms. The first kappa shape index (κ1) is 18.2. The van der Waals surface area contributed by atoms with E-state index in [0.29, 0.717) is 13.0 Å². The molecule has 1 atom stereocenters. The number of hydrogen-bond donors (Lipinski definition) is 2. The van der Waals surface area contributed by atoms with E-state index in [1.807, 2.05) is 4.98 Å². The van der Waals surface area contributed by atoms with Gasteiger partial charge < -0.3 is 5.73 Å². The van der Waals surface area contributed by atoms with Gasteiger partial charge in [0, 0.05) is 13.1 Å². The smallest absolute Gasteiger partial charge is 0.384 e. The first-order chi connectivity index (χ1) is 11.1. The van der Waals surface area contributed by atoms with E-state index in [4.69, 9.17) is 5.73 Å². The molecule has 1 aromatic rings. The van der Waals surface area contributed by atoms with E-state index in [9.17, 15) is 27.6 Å². The van der Waals surface area contributed by atoms with E-state index < -0.39 is 29.1 Å². The third-order valence-electron chi connectivity index (χ3n) is 4.17. The van der Waals surface area contributed by atoms with Gasteiger partial charge in [-0.05, 0) is 26.3 Å². The minimum absolute atomic E-state index is 0.0254. The van der Waals surface area contributed by atoms with Crippen molar-refractivity contribution in [3.05, 3.63) is 26.4 Å². The lowest BCUT2D eigenvalue weighted by Crippen LogP contribution is -2.45. The van der Waals surface area contributed by atoms with E-state index in [1.165, 1.54) is 4.90 Å². The van der Waals surface area contributed by atoms with Crippen molar-refractivity contribution in [3.63, 3.8) is 0 Å². The molecule has 0 radical (unpaired) electrons. The maximum absolute atomic E-state index is 12.8. The predicted molar refractivity (Wildman–Crippen MR) is 81.0 cm³/mol. The molecule has 7 nitrogen and oxygen atoms in total. The summed E-state index contributed by atoms with van der Waals surface area (Å²) in [5.74, 6) is -2.45. The molecule has 1 aromatic heterocycles. The number of hydrogen-bond acceptors (Lipinski definition) is 5. The standard InChI is InChI=1S/C14H19F3N4O3/c1-2-21-11(18)10(12(23)19-13(21)24)9(22)7-20-5-3-4-8(6-20)14(15,16)17/h8H,2-7,18H2,1H3,(H,19,23,24)/t8-/m0/s1. The minimum Gasteiger partial charge on any atom is -0.384 e. The van der Waals surface area contributed by atoms with Crippen molar-refractivity contribution in [2.24, 2.45) is 5.92 Å². The number of halogens is 3. The van der Waals surface area contributed by atoms with Gasteiger partial charge in [0.15, 0.2) is 5.78 Å². The Hall–Kier alpha value is -2.10. The third-order valence-corrected chi connectivity index (χ3v) is 4.17. The van der Waals surface area contributed by atoms with Crippen LogP contribution in [-0.2, 0) is 6.54 Å². The van der Waals surface area contributed by atoms with Crippen molar-refractivity contribution in [1.82, 2.24) is 14.5 Å². The number of ketones is 1. The third kappa shape index (κ3) is 3.69. The van der Waals surface area contributed by atoms with Gasteiger partial charge >= 0.3 is 11.9 Å². The Bertz CT molecular complexity index is 738. The second-order valence-electron chi connectivity index (χ2n) is 5.80. The Morgan fingerprint density at radius 3 is 2.62 bits per heavy atom. The maximum Gasteiger partial charge on any atom is 0.393 e. The zero-order valence-electron chi connectivity index (χ0n) is 13.2. The largest absolute Gasteiger partial charge is 0.393 e. The van der Waals surface area contributed by atoms with Gasteiger partial charge in [-0.3, -0.25) is 24.0 Å². The fourth-order valence-corrected chi connectivity index (χ4v) is 2.92. The number of Topliss-reactive ketones (excluding diaryl/α,β-unsaturated/α-hetero) is 1. The topological polar surface area (TPSA) is 101 Å². The van der Waals surface area contributed by atoms with Crippen LogP contribution in [-0.4, -0.2) is 46.0 Å². The molecular formula is C14H19F3N4O3. The number of carbonyl (C=O) groups is 1. The molecule has 0 amide bonds. The predicted octanol–water partition coefficient (Wildman–Crippen LogP) is 0.596. The summed E-state index contributed by atoms with van der Waals surface area (Å²) < 4.78 is 39.5. The maximum atomic E-state index is 12.8. The highest BCUT2D eigenvalue weighted by atomic mass is 19.4. The number of likely N-dealkylation sites (tertiary alicyclic amines) is 1. The fraction of sp³-hybridized carbons (Fsp3) is 0.643. The van der Waals surface area contributed by atoms with E-state index >= 15 is 0 Å². The number of nitrogens with one attached hydrogen (secondary N) is 1. The van der Waals surface area contributed by atoms with Crippen LogP contribution in [0.15, 0.2) is 9.59 Å². The number of nitrogens with two attached hydrogens (primary N) is 1. The molecule has 2 heterocycles. The Labute approximate surface area is 135 Å². The van der Waals surface area contributed by atoms with E-state index in [1.54, 1.807) is 6.92 Å². The van der Waals surface area contributed by atoms with Crippen molar-refractivity contribution < 1.29 is 18.0 Å². The average molecular weight is 348 g/mol. The molecular weight excluding hydrogens is 329 g/mol. The van der Waals surface area contributed by atoms with Crippen molar-refractivity contribution >= 4 is 11.6 Å². The summed E-state index contributed by atoms with van der Waals surface area (Å²) in [6.07, 6.45) is -3.97. The van der Waals surface area contributed by atoms with Crippen LogP contribution in [0.2, 0.25) is 0 Å². The number of aromatic amines is 1. The molecule has 0 saturated carbocycles. The number of carbonyl (C=O) groups excluding carboxylic acids is 1. The summed E-state index contributed by atoms with van der Waals surface area (Å²) in [5, 5.41) is 0. The molecule has 134 valence electrons. The van der Waals surface area contributed by atoms with Crippen LogP contribution >= 0.6 is 0 Å². The molecule has 1 aliphatic heterocycles. The van der Waals surface area contributed by atoms with E-state index in [0.717, 1.165) is 4.57 Å². The Morgan fingerprint density at radius 2 is 2.04 bits per heavy atom. The molecule has 24 heavy (non-hydrogen) atoms. The Morgan fingerprint density at radius 1 is 1.38 bits per heavy atom. The van der Waals surface area contributed by atoms with E-state index in [-0.39, 0.29) is 37.4 Å². The van der Waals surface area contributed by atoms with Crippen LogP contribution < -0.4 is 17.0 Å². The summed E-state index contributed by atoms with van der Waals surface area (Å²) in [4.78, 5) is 39.2. The molecule has 3 N–H and O–H groups in total. The van der Waals surface area contributed by atoms with Crippen molar-refractivity contribution in [2.75, 3.05) is 25.4 Å². The van der Waals surface area contributed by atoms with Crippen LogP contribution in [0.5, 0.6) is 0 Å². The Kier molecular flexibility index (Phi) is 5.16. The van der Waals surface area contributed by atoms with Gasteiger partial charge in [-0.25, -0.2) is 4.79 Å². The zero-order chi connectivity index (χ0) is 18.1. The first-order valence-electron chi connectivity index (χ1n) is 7.60. The van der Waals surface area contributed by atoms with Crippen LogP contribution in [0.3, 0.4) is 0 Å². The van der Waals surface area contributed by atoms with Gasteiger partial charge in [0.2, 0.25) is 0 Å². The summed E-state index contributed by atoms with van der Waals surface area (Å²) in [5.41, 5.74) is 3.69.